The average Bonchev–Trinajstić information content (AvgIpc) is 3.29. The number of ether oxygens (including phenoxy) is 1. The minimum Gasteiger partial charge on any atom is -0.490 e. The molecule has 0 aliphatic heterocycles. The van der Waals surface area contributed by atoms with Crippen LogP contribution in [-0.4, -0.2) is 41.3 Å². The standard InChI is InChI=1S/C25H27N5O3/c1-15(2)32-22-12-11-16(13-17(22)14-26)24-28-23(29-33-24)20-9-5-8-19-18(20)7-6-10-21(19)27-25(31)30(3)4/h5,8-9,11-13,15,21H,6-7,10H2,1-4H3,(H,27,31)/t21-/m1/s1. The summed E-state index contributed by atoms with van der Waals surface area (Å²) >= 11 is 0. The van der Waals surface area contributed by atoms with E-state index in [2.05, 4.69) is 21.5 Å². The van der Waals surface area contributed by atoms with Crippen LogP contribution in [0.25, 0.3) is 22.8 Å². The molecule has 1 aromatic heterocycles. The van der Waals surface area contributed by atoms with E-state index < -0.39 is 0 Å². The average molecular weight is 446 g/mol. The Morgan fingerprint density at radius 2 is 2.12 bits per heavy atom. The van der Waals surface area contributed by atoms with Crippen molar-refractivity contribution >= 4 is 6.03 Å². The SMILES string of the molecule is CC(C)Oc1ccc(-c2nc(-c3cccc4c3CCC[C@H]4NC(=O)N(C)C)no2)cc1C#N. The number of aromatic nitrogens is 2. The van der Waals surface area contributed by atoms with Crippen LogP contribution in [0.1, 0.15) is 49.4 Å². The van der Waals surface area contributed by atoms with E-state index in [9.17, 15) is 10.1 Å². The number of hydrogen-bond donors (Lipinski definition) is 1. The third-order valence-electron chi connectivity index (χ3n) is 5.59. The van der Waals surface area contributed by atoms with E-state index >= 15 is 0 Å². The Morgan fingerprint density at radius 1 is 1.30 bits per heavy atom. The van der Waals surface area contributed by atoms with Gasteiger partial charge in [0.25, 0.3) is 5.89 Å². The van der Waals surface area contributed by atoms with Gasteiger partial charge >= 0.3 is 6.03 Å². The zero-order valence-corrected chi connectivity index (χ0v) is 19.3. The molecule has 8 heteroatoms. The van der Waals surface area contributed by atoms with Gasteiger partial charge in [-0.3, -0.25) is 0 Å². The second kappa shape index (κ2) is 9.33. The van der Waals surface area contributed by atoms with Gasteiger partial charge in [-0.2, -0.15) is 10.2 Å². The highest BCUT2D eigenvalue weighted by Gasteiger charge is 2.26. The van der Waals surface area contributed by atoms with Gasteiger partial charge in [-0.25, -0.2) is 4.79 Å². The Bertz CT molecular complexity index is 1210. The van der Waals surface area contributed by atoms with Crippen LogP contribution in [0.3, 0.4) is 0 Å². The number of nitrogens with zero attached hydrogens (tertiary/aromatic N) is 4. The molecule has 1 aliphatic rings. The molecule has 1 atom stereocenters. The van der Waals surface area contributed by atoms with Crippen LogP contribution in [0.15, 0.2) is 40.9 Å². The number of carbonyl (C=O) groups excluding carboxylic acids is 1. The number of nitriles is 1. The summed E-state index contributed by atoms with van der Waals surface area (Å²) in [7, 11) is 3.46. The van der Waals surface area contributed by atoms with Gasteiger partial charge in [-0.15, -0.1) is 0 Å². The number of amides is 2. The molecule has 0 saturated heterocycles. The first kappa shape index (κ1) is 22.3. The first-order chi connectivity index (χ1) is 15.9. The van der Waals surface area contributed by atoms with Gasteiger partial charge in [-0.05, 0) is 62.4 Å². The van der Waals surface area contributed by atoms with E-state index in [1.165, 1.54) is 4.90 Å². The maximum atomic E-state index is 12.2. The fraction of sp³-hybridized carbons (Fsp3) is 0.360. The van der Waals surface area contributed by atoms with Gasteiger partial charge < -0.3 is 19.5 Å². The summed E-state index contributed by atoms with van der Waals surface area (Å²) in [6.07, 6.45) is 2.68. The molecule has 2 aromatic carbocycles. The Labute approximate surface area is 193 Å². The van der Waals surface area contributed by atoms with Gasteiger partial charge in [0.15, 0.2) is 0 Å². The van der Waals surface area contributed by atoms with Gasteiger partial charge in [0, 0.05) is 25.2 Å². The summed E-state index contributed by atoms with van der Waals surface area (Å²) in [6, 6.07) is 13.2. The second-order valence-corrected chi connectivity index (χ2v) is 8.57. The van der Waals surface area contributed by atoms with E-state index in [-0.39, 0.29) is 18.2 Å². The van der Waals surface area contributed by atoms with Crippen molar-refractivity contribution in [2.45, 2.75) is 45.3 Å². The zero-order chi connectivity index (χ0) is 23.5. The molecule has 170 valence electrons. The number of fused-ring (bicyclic) bond motifs is 1. The molecule has 1 N–H and O–H groups in total. The Morgan fingerprint density at radius 3 is 2.85 bits per heavy atom. The number of nitrogens with one attached hydrogen (secondary N) is 1. The maximum Gasteiger partial charge on any atom is 0.317 e. The summed E-state index contributed by atoms with van der Waals surface area (Å²) in [6.45, 7) is 3.83. The third kappa shape index (κ3) is 4.67. The lowest BCUT2D eigenvalue weighted by molar-refractivity contribution is 0.211. The minimum atomic E-state index is -0.113. The monoisotopic (exact) mass is 445 g/mol. The van der Waals surface area contributed by atoms with Crippen molar-refractivity contribution in [3.05, 3.63) is 53.1 Å². The van der Waals surface area contributed by atoms with Crippen LogP contribution in [0.4, 0.5) is 4.79 Å². The van der Waals surface area contributed by atoms with Crippen LogP contribution in [0, 0.1) is 11.3 Å². The molecule has 0 radical (unpaired) electrons. The van der Waals surface area contributed by atoms with Gasteiger partial charge in [0.1, 0.15) is 11.8 Å². The van der Waals surface area contributed by atoms with E-state index in [4.69, 9.17) is 9.26 Å². The van der Waals surface area contributed by atoms with Crippen molar-refractivity contribution in [2.24, 2.45) is 0 Å². The van der Waals surface area contributed by atoms with Gasteiger partial charge in [0.2, 0.25) is 5.82 Å². The summed E-state index contributed by atoms with van der Waals surface area (Å²) in [5.74, 6) is 1.35. The predicted octanol–water partition coefficient (Wildman–Crippen LogP) is 4.71. The van der Waals surface area contributed by atoms with E-state index in [0.717, 1.165) is 36.0 Å². The molecule has 2 amide bonds. The summed E-state index contributed by atoms with van der Waals surface area (Å²) in [4.78, 5) is 18.4. The normalized spacial score (nSPS) is 15.0. The topological polar surface area (TPSA) is 104 Å². The fourth-order valence-electron chi connectivity index (χ4n) is 4.04. The molecule has 8 nitrogen and oxygen atoms in total. The summed E-state index contributed by atoms with van der Waals surface area (Å²) < 4.78 is 11.2. The van der Waals surface area contributed by atoms with Gasteiger partial charge in [0.05, 0.1) is 17.7 Å². The molecule has 0 saturated carbocycles. The molecule has 0 bridgehead atoms. The molecular formula is C25H27N5O3. The predicted molar refractivity (Wildman–Crippen MR) is 124 cm³/mol. The number of benzene rings is 2. The van der Waals surface area contributed by atoms with Crippen LogP contribution in [-0.2, 0) is 6.42 Å². The third-order valence-corrected chi connectivity index (χ3v) is 5.59. The van der Waals surface area contributed by atoms with E-state index in [0.29, 0.717) is 28.6 Å². The summed E-state index contributed by atoms with van der Waals surface area (Å²) in [5.41, 5.74) is 4.17. The zero-order valence-electron chi connectivity index (χ0n) is 19.3. The lowest BCUT2D eigenvalue weighted by atomic mass is 9.84. The summed E-state index contributed by atoms with van der Waals surface area (Å²) in [5, 5.41) is 16.8. The highest BCUT2D eigenvalue weighted by molar-refractivity contribution is 5.74. The molecule has 0 unspecified atom stereocenters. The van der Waals surface area contributed by atoms with E-state index in [1.807, 2.05) is 38.1 Å². The van der Waals surface area contributed by atoms with Gasteiger partial charge in [-0.1, -0.05) is 23.4 Å². The van der Waals surface area contributed by atoms with Crippen molar-refractivity contribution in [2.75, 3.05) is 14.1 Å². The maximum absolute atomic E-state index is 12.2. The lowest BCUT2D eigenvalue weighted by Gasteiger charge is -2.28. The van der Waals surface area contributed by atoms with Crippen LogP contribution in [0.5, 0.6) is 5.75 Å². The van der Waals surface area contributed by atoms with Crippen molar-refractivity contribution in [3.8, 4) is 34.7 Å². The molecule has 3 aromatic rings. The molecule has 0 spiro atoms. The molecule has 1 heterocycles. The van der Waals surface area contributed by atoms with Crippen molar-refractivity contribution in [3.63, 3.8) is 0 Å². The van der Waals surface area contributed by atoms with Crippen LogP contribution in [0.2, 0.25) is 0 Å². The molecular weight excluding hydrogens is 418 g/mol. The minimum absolute atomic E-state index is 0.0338. The highest BCUT2D eigenvalue weighted by atomic mass is 16.5. The molecule has 33 heavy (non-hydrogen) atoms. The Kier molecular flexibility index (Phi) is 6.31. The largest absolute Gasteiger partial charge is 0.490 e. The number of rotatable bonds is 5. The highest BCUT2D eigenvalue weighted by Crippen LogP contribution is 2.36. The fourth-order valence-corrected chi connectivity index (χ4v) is 4.04. The van der Waals surface area contributed by atoms with Crippen molar-refractivity contribution in [1.29, 1.82) is 5.26 Å². The number of urea groups is 1. The Hall–Kier alpha value is -3.86. The van der Waals surface area contributed by atoms with Crippen LogP contribution < -0.4 is 10.1 Å². The molecule has 0 fully saturated rings. The van der Waals surface area contributed by atoms with Crippen molar-refractivity contribution < 1.29 is 14.1 Å². The second-order valence-electron chi connectivity index (χ2n) is 8.57. The van der Waals surface area contributed by atoms with E-state index in [1.54, 1.807) is 26.2 Å². The van der Waals surface area contributed by atoms with Crippen LogP contribution >= 0.6 is 0 Å². The lowest BCUT2D eigenvalue weighted by Crippen LogP contribution is -2.38. The Balaban J connectivity index is 1.65. The smallest absolute Gasteiger partial charge is 0.317 e. The number of carbonyl (C=O) groups is 1. The van der Waals surface area contributed by atoms with Crippen molar-refractivity contribution in [1.82, 2.24) is 20.4 Å². The first-order valence-electron chi connectivity index (χ1n) is 11.0. The first-order valence-corrected chi connectivity index (χ1v) is 11.0. The quantitative estimate of drug-likeness (QED) is 0.610. The molecule has 4 rings (SSSR count). The molecule has 1 aliphatic carbocycles. The number of hydrogen-bond acceptors (Lipinski definition) is 6.